The van der Waals surface area contributed by atoms with E-state index >= 15 is 0 Å². The van der Waals surface area contributed by atoms with Gasteiger partial charge in [-0.05, 0) is 6.42 Å². The number of amides is 1. The number of nitrogens with one attached hydrogen (secondary N) is 1. The lowest BCUT2D eigenvalue weighted by molar-refractivity contribution is -0.281. The van der Waals surface area contributed by atoms with Crippen LogP contribution in [0.4, 0.5) is 13.2 Å². The van der Waals surface area contributed by atoms with Crippen molar-refractivity contribution in [1.29, 1.82) is 0 Å². The topological polar surface area (TPSA) is 67.5 Å². The van der Waals surface area contributed by atoms with E-state index in [1.54, 1.807) is 0 Å². The van der Waals surface area contributed by atoms with Crippen LogP contribution in [0.1, 0.15) is 29.9 Å². The number of carbonyl (C=O) groups is 1. The number of carbonyl (C=O) groups excluding carboxylic acids is 1. The fraction of sp³-hybridized carbons (Fsp3) is 0.500. The highest BCUT2D eigenvalue weighted by Gasteiger charge is 2.40. The first kappa shape index (κ1) is 16.3. The summed E-state index contributed by atoms with van der Waals surface area (Å²) >= 11 is 0. The maximum atomic E-state index is 13.8. The van der Waals surface area contributed by atoms with Crippen LogP contribution in [0.25, 0.3) is 11.0 Å². The Morgan fingerprint density at radius 1 is 1.16 bits per heavy atom. The Morgan fingerprint density at radius 3 is 2.52 bits per heavy atom. The summed E-state index contributed by atoms with van der Waals surface area (Å²) in [7, 11) is 0. The van der Waals surface area contributed by atoms with E-state index < -0.39 is 34.7 Å². The second-order valence-corrected chi connectivity index (χ2v) is 6.22. The predicted octanol–water partition coefficient (Wildman–Crippen LogP) is 2.35. The van der Waals surface area contributed by atoms with Crippen LogP contribution >= 0.6 is 0 Å². The Hall–Kier alpha value is -2.13. The van der Waals surface area contributed by atoms with Gasteiger partial charge in [0.25, 0.3) is 5.91 Å². The zero-order chi connectivity index (χ0) is 17.6. The van der Waals surface area contributed by atoms with E-state index in [1.165, 1.54) is 4.90 Å². The first-order valence-electron chi connectivity index (χ1n) is 8.09. The summed E-state index contributed by atoms with van der Waals surface area (Å²) in [5, 5.41) is 0. The van der Waals surface area contributed by atoms with E-state index in [1.807, 2.05) is 0 Å². The zero-order valence-electron chi connectivity index (χ0n) is 13.3. The second kappa shape index (κ2) is 5.99. The minimum absolute atomic E-state index is 0.0628. The number of likely N-dealkylation sites (tertiary alicyclic amines) is 1. The number of aromatic amines is 1. The van der Waals surface area contributed by atoms with Gasteiger partial charge >= 0.3 is 0 Å². The molecule has 1 aromatic heterocycles. The van der Waals surface area contributed by atoms with Crippen LogP contribution in [0.5, 0.6) is 0 Å². The van der Waals surface area contributed by atoms with Crippen LogP contribution in [0.3, 0.4) is 0 Å². The van der Waals surface area contributed by atoms with Crippen molar-refractivity contribution in [2.45, 2.75) is 25.0 Å². The normalized spacial score (nSPS) is 20.4. The van der Waals surface area contributed by atoms with Crippen molar-refractivity contribution in [3.8, 4) is 0 Å². The Labute approximate surface area is 140 Å². The number of ether oxygens (including phenoxy) is 2. The Bertz CT molecular complexity index is 823. The van der Waals surface area contributed by atoms with Gasteiger partial charge in [-0.15, -0.1) is 0 Å². The largest absolute Gasteiger partial charge is 0.350 e. The number of nitrogens with zero attached hydrogens (tertiary/aromatic N) is 2. The summed E-state index contributed by atoms with van der Waals surface area (Å²) < 4.78 is 51.8. The molecule has 25 heavy (non-hydrogen) atoms. The Balaban J connectivity index is 1.54. The van der Waals surface area contributed by atoms with E-state index in [2.05, 4.69) is 9.97 Å². The van der Waals surface area contributed by atoms with Crippen molar-refractivity contribution < 1.29 is 27.4 Å². The summed E-state index contributed by atoms with van der Waals surface area (Å²) in [4.78, 5) is 20.5. The smallest absolute Gasteiger partial charge is 0.289 e. The number of halogens is 3. The molecule has 3 heterocycles. The zero-order valence-corrected chi connectivity index (χ0v) is 13.3. The molecule has 6 nitrogen and oxygen atoms in total. The molecule has 1 amide bonds. The number of rotatable bonds is 1. The summed E-state index contributed by atoms with van der Waals surface area (Å²) in [5.41, 5.74) is -0.457. The number of hydrogen-bond acceptors (Lipinski definition) is 4. The molecule has 9 heteroatoms. The fourth-order valence-electron chi connectivity index (χ4n) is 3.26. The van der Waals surface area contributed by atoms with E-state index in [0.29, 0.717) is 39.1 Å². The monoisotopic (exact) mass is 355 g/mol. The van der Waals surface area contributed by atoms with Gasteiger partial charge in [0.1, 0.15) is 5.52 Å². The number of piperidine rings is 1. The molecule has 0 aliphatic carbocycles. The van der Waals surface area contributed by atoms with Crippen molar-refractivity contribution in [2.75, 3.05) is 26.3 Å². The molecule has 1 aromatic carbocycles. The van der Waals surface area contributed by atoms with Crippen molar-refractivity contribution in [1.82, 2.24) is 14.9 Å². The summed E-state index contributed by atoms with van der Waals surface area (Å²) in [5.74, 6) is -5.60. The van der Waals surface area contributed by atoms with Gasteiger partial charge in [0.05, 0.1) is 18.7 Å². The molecule has 0 saturated carbocycles. The minimum atomic E-state index is -1.61. The quantitative estimate of drug-likeness (QED) is 0.798. The first-order valence-corrected chi connectivity index (χ1v) is 8.09. The average molecular weight is 355 g/mol. The second-order valence-electron chi connectivity index (χ2n) is 6.22. The summed E-state index contributed by atoms with van der Waals surface area (Å²) in [6.45, 7) is 2.05. The molecule has 4 rings (SSSR count). The van der Waals surface area contributed by atoms with Gasteiger partial charge in [-0.3, -0.25) is 4.79 Å². The number of fused-ring (bicyclic) bond motifs is 1. The molecule has 0 atom stereocenters. The molecule has 2 saturated heterocycles. The number of imidazole rings is 1. The molecular weight excluding hydrogens is 339 g/mol. The highest BCUT2D eigenvalue weighted by atomic mass is 19.2. The highest BCUT2D eigenvalue weighted by Crippen LogP contribution is 2.31. The van der Waals surface area contributed by atoms with Crippen molar-refractivity contribution in [3.05, 3.63) is 29.3 Å². The molecule has 1 N–H and O–H groups in total. The van der Waals surface area contributed by atoms with Crippen molar-refractivity contribution in [3.63, 3.8) is 0 Å². The fourth-order valence-corrected chi connectivity index (χ4v) is 3.26. The van der Waals surface area contributed by atoms with E-state index in [4.69, 9.17) is 9.47 Å². The molecule has 0 unspecified atom stereocenters. The molecule has 2 fully saturated rings. The van der Waals surface area contributed by atoms with Crippen LogP contribution < -0.4 is 0 Å². The molecular formula is C16H16F3N3O3. The molecule has 1 spiro atoms. The number of hydrogen-bond donors (Lipinski definition) is 1. The molecule has 0 radical (unpaired) electrons. The highest BCUT2D eigenvalue weighted by molar-refractivity contribution is 5.94. The maximum Gasteiger partial charge on any atom is 0.289 e. The van der Waals surface area contributed by atoms with Crippen molar-refractivity contribution >= 4 is 16.9 Å². The van der Waals surface area contributed by atoms with E-state index in [9.17, 15) is 18.0 Å². The lowest BCUT2D eigenvalue weighted by atomic mass is 10.0. The average Bonchev–Trinajstić information content (AvgIpc) is 3.05. The first-order chi connectivity index (χ1) is 12.0. The lowest BCUT2D eigenvalue weighted by Gasteiger charge is -2.43. The molecule has 2 aromatic rings. The Kier molecular flexibility index (Phi) is 3.92. The van der Waals surface area contributed by atoms with Gasteiger partial charge in [-0.2, -0.15) is 0 Å². The van der Waals surface area contributed by atoms with Gasteiger partial charge in [0.2, 0.25) is 0 Å². The molecule has 2 aliphatic heterocycles. The minimum Gasteiger partial charge on any atom is -0.350 e. The van der Waals surface area contributed by atoms with E-state index in [0.717, 1.165) is 12.5 Å². The van der Waals surface area contributed by atoms with Crippen LogP contribution in [0.15, 0.2) is 6.07 Å². The van der Waals surface area contributed by atoms with Gasteiger partial charge < -0.3 is 19.4 Å². The third-order valence-electron chi connectivity index (χ3n) is 4.65. The third kappa shape index (κ3) is 2.77. The standard InChI is InChI=1S/C16H16F3N3O3/c17-9-8-10-13(12(19)11(9)18)21-14(20-10)15(23)22-4-2-16(3-5-22)24-6-1-7-25-16/h8H,1-7H2,(H,20,21). The van der Waals surface area contributed by atoms with Crippen LogP contribution in [-0.2, 0) is 9.47 Å². The molecule has 2 aliphatic rings. The molecule has 0 bridgehead atoms. The van der Waals surface area contributed by atoms with Crippen LogP contribution in [-0.4, -0.2) is 52.9 Å². The number of H-pyrrole nitrogens is 1. The van der Waals surface area contributed by atoms with Gasteiger partial charge in [-0.1, -0.05) is 0 Å². The van der Waals surface area contributed by atoms with Crippen LogP contribution in [0.2, 0.25) is 0 Å². The number of aromatic nitrogens is 2. The lowest BCUT2D eigenvalue weighted by Crippen LogP contribution is -2.51. The summed E-state index contributed by atoms with van der Waals surface area (Å²) in [6.07, 6.45) is 1.90. The Morgan fingerprint density at radius 2 is 1.84 bits per heavy atom. The third-order valence-corrected chi connectivity index (χ3v) is 4.65. The van der Waals surface area contributed by atoms with Gasteiger partial charge in [0.15, 0.2) is 29.1 Å². The maximum absolute atomic E-state index is 13.8. The van der Waals surface area contributed by atoms with Gasteiger partial charge in [-0.25, -0.2) is 18.2 Å². The van der Waals surface area contributed by atoms with Gasteiger partial charge in [0, 0.05) is 32.0 Å². The van der Waals surface area contributed by atoms with E-state index in [-0.39, 0.29) is 11.3 Å². The SMILES string of the molecule is O=C(c1nc2c(F)c(F)c(F)cc2[nH]1)N1CCC2(CC1)OCCCO2. The molecule has 134 valence electrons. The van der Waals surface area contributed by atoms with Crippen LogP contribution in [0, 0.1) is 17.5 Å². The number of benzene rings is 1. The summed E-state index contributed by atoms with van der Waals surface area (Å²) in [6, 6.07) is 0.784. The predicted molar refractivity (Wildman–Crippen MR) is 80.4 cm³/mol. The van der Waals surface area contributed by atoms with Crippen molar-refractivity contribution in [2.24, 2.45) is 0 Å².